The van der Waals surface area contributed by atoms with Crippen LogP contribution in [0, 0.1) is 11.8 Å². The largest absolute Gasteiger partial charge is 0.349 e. The molecule has 0 spiro atoms. The lowest BCUT2D eigenvalue weighted by molar-refractivity contribution is -0.124. The maximum absolute atomic E-state index is 12.0. The van der Waals surface area contributed by atoms with E-state index >= 15 is 0 Å². The number of rotatable bonds is 5. The molecule has 98 valence electrons. The number of nitrogens with one attached hydrogen (secondary N) is 1. The van der Waals surface area contributed by atoms with Gasteiger partial charge in [0, 0.05) is 13.0 Å². The maximum atomic E-state index is 12.0. The Hall–Kier alpha value is -0.220. The highest BCUT2D eigenvalue weighted by molar-refractivity contribution is 7.99. The van der Waals surface area contributed by atoms with Crippen LogP contribution in [0.1, 0.15) is 39.0 Å². The van der Waals surface area contributed by atoms with Crippen LogP contribution in [-0.2, 0) is 4.79 Å². The zero-order valence-corrected chi connectivity index (χ0v) is 11.5. The highest BCUT2D eigenvalue weighted by Crippen LogP contribution is 2.39. The second-order valence-electron chi connectivity index (χ2n) is 5.70. The van der Waals surface area contributed by atoms with Crippen molar-refractivity contribution >= 4 is 17.7 Å². The smallest absolute Gasteiger partial charge is 0.220 e. The van der Waals surface area contributed by atoms with E-state index in [0.717, 1.165) is 0 Å². The molecule has 1 heterocycles. The summed E-state index contributed by atoms with van der Waals surface area (Å²) in [4.78, 5) is 12.0. The Morgan fingerprint density at radius 3 is 2.53 bits per heavy atom. The van der Waals surface area contributed by atoms with Crippen molar-refractivity contribution in [2.45, 2.75) is 44.6 Å². The first-order chi connectivity index (χ1) is 8.14. The van der Waals surface area contributed by atoms with Crippen molar-refractivity contribution in [1.82, 2.24) is 5.32 Å². The number of hydrogen-bond acceptors (Lipinski definition) is 3. The minimum absolute atomic E-state index is 0.152. The Morgan fingerprint density at radius 2 is 2.00 bits per heavy atom. The molecule has 0 bridgehead atoms. The van der Waals surface area contributed by atoms with Gasteiger partial charge in [-0.25, -0.2) is 0 Å². The van der Waals surface area contributed by atoms with E-state index in [4.69, 9.17) is 5.73 Å². The van der Waals surface area contributed by atoms with Gasteiger partial charge in [0.15, 0.2) is 0 Å². The first kappa shape index (κ1) is 13.2. The summed E-state index contributed by atoms with van der Waals surface area (Å²) < 4.78 is 0. The average molecular weight is 256 g/mol. The van der Waals surface area contributed by atoms with Gasteiger partial charge in [-0.3, -0.25) is 4.79 Å². The second-order valence-corrected chi connectivity index (χ2v) is 6.93. The molecule has 1 saturated carbocycles. The Balaban J connectivity index is 1.79. The number of amides is 1. The Morgan fingerprint density at radius 1 is 1.35 bits per heavy atom. The van der Waals surface area contributed by atoms with Crippen molar-refractivity contribution in [3.63, 3.8) is 0 Å². The Labute approximate surface area is 108 Å². The van der Waals surface area contributed by atoms with Crippen LogP contribution in [0.15, 0.2) is 0 Å². The topological polar surface area (TPSA) is 55.1 Å². The van der Waals surface area contributed by atoms with Crippen LogP contribution in [0.5, 0.6) is 0 Å². The number of nitrogens with two attached hydrogens (primary N) is 1. The van der Waals surface area contributed by atoms with Crippen molar-refractivity contribution in [3.8, 4) is 0 Å². The van der Waals surface area contributed by atoms with Gasteiger partial charge in [0.25, 0.3) is 0 Å². The van der Waals surface area contributed by atoms with E-state index in [9.17, 15) is 4.79 Å². The summed E-state index contributed by atoms with van der Waals surface area (Å²) >= 11 is 2.01. The van der Waals surface area contributed by atoms with Gasteiger partial charge >= 0.3 is 0 Å². The standard InChI is InChI=1S/C13H24N2OS/c1-13(9-14,11-2-3-11)15-12(16)8-10-4-6-17-7-5-10/h10-11H,2-9,14H2,1H3,(H,15,16). The third-order valence-electron chi connectivity index (χ3n) is 4.14. The van der Waals surface area contributed by atoms with Gasteiger partial charge in [-0.15, -0.1) is 0 Å². The zero-order valence-electron chi connectivity index (χ0n) is 10.7. The lowest BCUT2D eigenvalue weighted by atomic mass is 9.93. The predicted octanol–water partition coefficient (Wildman–Crippen LogP) is 1.76. The monoisotopic (exact) mass is 256 g/mol. The molecule has 1 amide bonds. The molecule has 0 aromatic rings. The Kier molecular flexibility index (Phi) is 4.36. The van der Waals surface area contributed by atoms with Crippen LogP contribution < -0.4 is 11.1 Å². The SMILES string of the molecule is CC(CN)(NC(=O)CC1CCSCC1)C1CC1. The molecular weight excluding hydrogens is 232 g/mol. The van der Waals surface area contributed by atoms with Crippen LogP contribution in [0.3, 0.4) is 0 Å². The van der Waals surface area contributed by atoms with Crippen LogP contribution in [0.2, 0.25) is 0 Å². The zero-order chi connectivity index (χ0) is 12.3. The fourth-order valence-corrected chi connectivity index (χ4v) is 3.83. The summed E-state index contributed by atoms with van der Waals surface area (Å²) in [5, 5.41) is 3.18. The fraction of sp³-hybridized carbons (Fsp3) is 0.923. The normalized spacial score (nSPS) is 25.3. The van der Waals surface area contributed by atoms with E-state index in [1.54, 1.807) is 0 Å². The second kappa shape index (κ2) is 5.61. The van der Waals surface area contributed by atoms with E-state index in [1.165, 1.54) is 37.2 Å². The summed E-state index contributed by atoms with van der Waals surface area (Å²) in [6.45, 7) is 2.66. The van der Waals surface area contributed by atoms with Gasteiger partial charge < -0.3 is 11.1 Å². The number of hydrogen-bond donors (Lipinski definition) is 2. The van der Waals surface area contributed by atoms with Gasteiger partial charge in [-0.05, 0) is 55.9 Å². The molecule has 3 nitrogen and oxygen atoms in total. The van der Waals surface area contributed by atoms with Gasteiger partial charge in [0.2, 0.25) is 5.91 Å². The van der Waals surface area contributed by atoms with Crippen LogP contribution in [0.25, 0.3) is 0 Å². The van der Waals surface area contributed by atoms with Crippen molar-refractivity contribution in [2.75, 3.05) is 18.1 Å². The highest BCUT2D eigenvalue weighted by atomic mass is 32.2. The van der Waals surface area contributed by atoms with Crippen molar-refractivity contribution in [1.29, 1.82) is 0 Å². The molecule has 1 unspecified atom stereocenters. The first-order valence-electron chi connectivity index (χ1n) is 6.73. The van der Waals surface area contributed by atoms with Crippen LogP contribution in [-0.4, -0.2) is 29.5 Å². The molecule has 0 aromatic heterocycles. The van der Waals surface area contributed by atoms with E-state index in [2.05, 4.69) is 12.2 Å². The minimum Gasteiger partial charge on any atom is -0.349 e. The first-order valence-corrected chi connectivity index (χ1v) is 7.88. The van der Waals surface area contributed by atoms with Gasteiger partial charge in [0.05, 0.1) is 5.54 Å². The Bertz CT molecular complexity index is 275. The summed E-state index contributed by atoms with van der Waals surface area (Å²) in [6.07, 6.45) is 5.52. The lowest BCUT2D eigenvalue weighted by Gasteiger charge is -2.31. The number of carbonyl (C=O) groups excluding carboxylic acids is 1. The van der Waals surface area contributed by atoms with Crippen molar-refractivity contribution < 1.29 is 4.79 Å². The summed E-state index contributed by atoms with van der Waals surface area (Å²) in [6, 6.07) is 0. The molecule has 2 rings (SSSR count). The molecule has 1 atom stereocenters. The quantitative estimate of drug-likeness (QED) is 0.788. The van der Waals surface area contributed by atoms with Gasteiger partial charge in [0.1, 0.15) is 0 Å². The minimum atomic E-state index is -0.152. The van der Waals surface area contributed by atoms with E-state index in [0.29, 0.717) is 24.8 Å². The third-order valence-corrected chi connectivity index (χ3v) is 5.19. The number of carbonyl (C=O) groups is 1. The molecule has 0 aromatic carbocycles. The maximum Gasteiger partial charge on any atom is 0.220 e. The van der Waals surface area contributed by atoms with Gasteiger partial charge in [-0.1, -0.05) is 0 Å². The molecule has 2 fully saturated rings. The van der Waals surface area contributed by atoms with E-state index in [-0.39, 0.29) is 11.4 Å². The van der Waals surface area contributed by atoms with E-state index < -0.39 is 0 Å². The van der Waals surface area contributed by atoms with Crippen LogP contribution in [0.4, 0.5) is 0 Å². The molecule has 3 N–H and O–H groups in total. The van der Waals surface area contributed by atoms with E-state index in [1.807, 2.05) is 11.8 Å². The molecule has 1 aliphatic heterocycles. The molecule has 0 radical (unpaired) electrons. The highest BCUT2D eigenvalue weighted by Gasteiger charge is 2.41. The molecule has 2 aliphatic rings. The molecular formula is C13H24N2OS. The average Bonchev–Trinajstić information content (AvgIpc) is 3.14. The third kappa shape index (κ3) is 3.62. The molecule has 1 aliphatic carbocycles. The molecule has 17 heavy (non-hydrogen) atoms. The molecule has 4 heteroatoms. The number of thioether (sulfide) groups is 1. The van der Waals surface area contributed by atoms with Crippen molar-refractivity contribution in [2.24, 2.45) is 17.6 Å². The lowest BCUT2D eigenvalue weighted by Crippen LogP contribution is -2.53. The summed E-state index contributed by atoms with van der Waals surface area (Å²) in [5.41, 5.74) is 5.66. The van der Waals surface area contributed by atoms with Crippen molar-refractivity contribution in [3.05, 3.63) is 0 Å². The summed E-state index contributed by atoms with van der Waals surface area (Å²) in [7, 11) is 0. The predicted molar refractivity (Wildman–Crippen MR) is 73.0 cm³/mol. The van der Waals surface area contributed by atoms with Gasteiger partial charge in [-0.2, -0.15) is 11.8 Å². The fourth-order valence-electron chi connectivity index (χ4n) is 2.62. The summed E-state index contributed by atoms with van der Waals surface area (Å²) in [5.74, 6) is 3.85. The van der Waals surface area contributed by atoms with Crippen LogP contribution >= 0.6 is 11.8 Å². The molecule has 1 saturated heterocycles.